The standard InChI is InChI=1S/C31H31ClFN5O3/c1-2-6-25(7-5-15-33)41-31(39)38-17-14-26-27-19-23(32)10-13-28(27)36-29(26)30(38)22-8-11-24(12-9-22)40-18-4-3-16-37-21-34-20-35-37/h2,5-13,19-21,30,36H,1,3-4,14-18H2/b7-5-,25-6+. The van der Waals surface area contributed by atoms with Crippen molar-refractivity contribution >= 4 is 28.6 Å². The molecule has 0 radical (unpaired) electrons. The van der Waals surface area contributed by atoms with E-state index in [4.69, 9.17) is 21.1 Å². The summed E-state index contributed by atoms with van der Waals surface area (Å²) in [6.45, 7) is 4.78. The number of ether oxygens (including phenoxy) is 2. The maximum absolute atomic E-state index is 13.5. The number of rotatable bonds is 11. The van der Waals surface area contributed by atoms with Gasteiger partial charge in [0.15, 0.2) is 0 Å². The monoisotopic (exact) mass is 575 g/mol. The Morgan fingerprint density at radius 1 is 1.22 bits per heavy atom. The van der Waals surface area contributed by atoms with E-state index in [2.05, 4.69) is 21.6 Å². The first-order valence-electron chi connectivity index (χ1n) is 13.5. The van der Waals surface area contributed by atoms with Gasteiger partial charge in [-0.2, -0.15) is 5.10 Å². The number of amides is 1. The summed E-state index contributed by atoms with van der Waals surface area (Å²) in [4.78, 5) is 22.6. The van der Waals surface area contributed by atoms with Gasteiger partial charge in [-0.1, -0.05) is 42.5 Å². The molecule has 0 bridgehead atoms. The third kappa shape index (κ3) is 6.69. The fraction of sp³-hybridized carbons (Fsp3) is 0.258. The lowest BCUT2D eigenvalue weighted by molar-refractivity contribution is 0.115. The van der Waals surface area contributed by atoms with Crippen molar-refractivity contribution in [1.29, 1.82) is 0 Å². The molecule has 2 aromatic carbocycles. The smallest absolute Gasteiger partial charge is 0.416 e. The van der Waals surface area contributed by atoms with Crippen molar-refractivity contribution in [3.63, 3.8) is 0 Å². The largest absolute Gasteiger partial charge is 0.494 e. The first kappa shape index (κ1) is 28.2. The highest BCUT2D eigenvalue weighted by Crippen LogP contribution is 2.40. The van der Waals surface area contributed by atoms with E-state index in [1.165, 1.54) is 30.6 Å². The van der Waals surface area contributed by atoms with Crippen LogP contribution in [-0.2, 0) is 17.7 Å². The molecule has 41 heavy (non-hydrogen) atoms. The molecule has 1 N–H and O–H groups in total. The van der Waals surface area contributed by atoms with E-state index in [1.807, 2.05) is 42.5 Å². The molecule has 0 aliphatic carbocycles. The number of carbonyl (C=O) groups is 1. The number of aryl methyl sites for hydroxylation is 1. The van der Waals surface area contributed by atoms with E-state index in [0.29, 0.717) is 24.6 Å². The maximum Gasteiger partial charge on any atom is 0.416 e. The first-order chi connectivity index (χ1) is 20.1. The number of aromatic amines is 1. The Morgan fingerprint density at radius 3 is 2.83 bits per heavy atom. The first-order valence-corrected chi connectivity index (χ1v) is 13.8. The molecule has 0 spiro atoms. The fourth-order valence-corrected chi connectivity index (χ4v) is 5.20. The van der Waals surface area contributed by atoms with E-state index in [0.717, 1.165) is 52.9 Å². The van der Waals surface area contributed by atoms with Crippen LogP contribution in [0.4, 0.5) is 9.18 Å². The lowest BCUT2D eigenvalue weighted by Crippen LogP contribution is -2.40. The number of H-pyrrole nitrogens is 1. The summed E-state index contributed by atoms with van der Waals surface area (Å²) in [5, 5.41) is 5.80. The summed E-state index contributed by atoms with van der Waals surface area (Å²) in [6, 6.07) is 13.1. The topological polar surface area (TPSA) is 85.3 Å². The van der Waals surface area contributed by atoms with Crippen LogP contribution in [0, 0.1) is 0 Å². The van der Waals surface area contributed by atoms with Gasteiger partial charge in [0, 0.05) is 34.7 Å². The molecule has 1 unspecified atom stereocenters. The minimum absolute atomic E-state index is 0.211. The number of unbranched alkanes of at least 4 members (excludes halogenated alkanes) is 1. The van der Waals surface area contributed by atoms with Crippen molar-refractivity contribution in [2.24, 2.45) is 0 Å². The predicted molar refractivity (Wildman–Crippen MR) is 157 cm³/mol. The number of nitrogens with one attached hydrogen (secondary N) is 1. The molecule has 5 rings (SSSR count). The molecule has 4 aromatic rings. The van der Waals surface area contributed by atoms with Crippen LogP contribution in [0.1, 0.15) is 35.7 Å². The average molecular weight is 576 g/mol. The van der Waals surface area contributed by atoms with Crippen LogP contribution in [0.3, 0.4) is 0 Å². The molecular formula is C31H31ClFN5O3. The summed E-state index contributed by atoms with van der Waals surface area (Å²) in [6.07, 6.45) is 10.8. The lowest BCUT2D eigenvalue weighted by atomic mass is 9.92. The van der Waals surface area contributed by atoms with Gasteiger partial charge in [0.2, 0.25) is 0 Å². The molecule has 212 valence electrons. The molecule has 0 saturated heterocycles. The molecule has 0 saturated carbocycles. The SMILES string of the molecule is C=C/C=C(\C=C/CF)OC(=O)N1CCc2c([nH]c3ccc(Cl)cc23)C1c1ccc(OCCCCn2cncn2)cc1. The van der Waals surface area contributed by atoms with E-state index in [9.17, 15) is 9.18 Å². The summed E-state index contributed by atoms with van der Waals surface area (Å²) in [5.41, 5.74) is 3.86. The summed E-state index contributed by atoms with van der Waals surface area (Å²) in [7, 11) is 0. The molecule has 1 aliphatic rings. The van der Waals surface area contributed by atoms with Crippen LogP contribution >= 0.6 is 11.6 Å². The third-order valence-electron chi connectivity index (χ3n) is 6.89. The summed E-state index contributed by atoms with van der Waals surface area (Å²) < 4.78 is 26.2. The van der Waals surface area contributed by atoms with Gasteiger partial charge >= 0.3 is 6.09 Å². The number of fused-ring (bicyclic) bond motifs is 3. The summed E-state index contributed by atoms with van der Waals surface area (Å²) >= 11 is 6.32. The van der Waals surface area contributed by atoms with E-state index in [1.54, 1.807) is 15.9 Å². The molecular weight excluding hydrogens is 545 g/mol. The van der Waals surface area contributed by atoms with E-state index < -0.39 is 18.8 Å². The van der Waals surface area contributed by atoms with Crippen molar-refractivity contribution in [3.05, 3.63) is 114 Å². The quantitative estimate of drug-likeness (QED) is 0.119. The molecule has 8 nitrogen and oxygen atoms in total. The van der Waals surface area contributed by atoms with Crippen LogP contribution < -0.4 is 4.74 Å². The number of hydrogen-bond acceptors (Lipinski definition) is 5. The van der Waals surface area contributed by atoms with Gasteiger partial charge in [-0.3, -0.25) is 9.58 Å². The van der Waals surface area contributed by atoms with Crippen molar-refractivity contribution < 1.29 is 18.7 Å². The van der Waals surface area contributed by atoms with Crippen LogP contribution in [0.5, 0.6) is 5.75 Å². The van der Waals surface area contributed by atoms with Crippen LogP contribution in [-0.4, -0.2) is 50.6 Å². The highest BCUT2D eigenvalue weighted by atomic mass is 35.5. The van der Waals surface area contributed by atoms with Gasteiger partial charge in [0.25, 0.3) is 0 Å². The molecule has 1 aliphatic heterocycles. The number of nitrogens with zero attached hydrogens (tertiary/aromatic N) is 4. The highest BCUT2D eigenvalue weighted by Gasteiger charge is 2.35. The van der Waals surface area contributed by atoms with Crippen molar-refractivity contribution in [2.45, 2.75) is 31.8 Å². The highest BCUT2D eigenvalue weighted by molar-refractivity contribution is 6.31. The van der Waals surface area contributed by atoms with Crippen LogP contribution in [0.15, 0.2) is 91.8 Å². The minimum Gasteiger partial charge on any atom is -0.494 e. The number of carbonyl (C=O) groups excluding carboxylic acids is 1. The van der Waals surface area contributed by atoms with Crippen LogP contribution in [0.25, 0.3) is 10.9 Å². The molecule has 10 heteroatoms. The Bertz CT molecular complexity index is 1550. The van der Waals surface area contributed by atoms with Crippen molar-refractivity contribution in [3.8, 4) is 5.75 Å². The van der Waals surface area contributed by atoms with Gasteiger partial charge < -0.3 is 14.5 Å². The molecule has 2 aromatic heterocycles. The van der Waals surface area contributed by atoms with Crippen molar-refractivity contribution in [2.75, 3.05) is 19.8 Å². The predicted octanol–water partition coefficient (Wildman–Crippen LogP) is 6.95. The van der Waals surface area contributed by atoms with Gasteiger partial charge in [-0.25, -0.2) is 14.2 Å². The Morgan fingerprint density at radius 2 is 2.07 bits per heavy atom. The third-order valence-corrected chi connectivity index (χ3v) is 7.13. The number of aromatic nitrogens is 4. The molecule has 1 atom stereocenters. The lowest BCUT2D eigenvalue weighted by Gasteiger charge is -2.35. The average Bonchev–Trinajstić information content (AvgIpc) is 3.63. The Hall–Kier alpha value is -4.37. The fourth-order valence-electron chi connectivity index (χ4n) is 5.02. The molecule has 1 amide bonds. The molecule has 3 heterocycles. The van der Waals surface area contributed by atoms with Crippen LogP contribution in [0.2, 0.25) is 5.02 Å². The van der Waals surface area contributed by atoms with Gasteiger partial charge in [-0.05, 0) is 72.9 Å². The number of allylic oxidation sites excluding steroid dienone is 4. The summed E-state index contributed by atoms with van der Waals surface area (Å²) in [5.74, 6) is 0.957. The van der Waals surface area contributed by atoms with Gasteiger partial charge in [0.05, 0.1) is 6.61 Å². The zero-order valence-electron chi connectivity index (χ0n) is 22.5. The number of halogens is 2. The second-order valence-corrected chi connectivity index (χ2v) is 10.0. The zero-order chi connectivity index (χ0) is 28.6. The second kappa shape index (κ2) is 13.3. The number of hydrogen-bond donors (Lipinski definition) is 1. The van der Waals surface area contributed by atoms with Gasteiger partial charge in [-0.15, -0.1) is 0 Å². The Balaban J connectivity index is 1.37. The van der Waals surface area contributed by atoms with E-state index in [-0.39, 0.29) is 5.76 Å². The minimum atomic E-state index is -0.671. The van der Waals surface area contributed by atoms with Gasteiger partial charge in [0.1, 0.15) is 36.9 Å². The number of alkyl halides is 1. The second-order valence-electron chi connectivity index (χ2n) is 9.57. The Kier molecular flexibility index (Phi) is 9.15. The van der Waals surface area contributed by atoms with Crippen molar-refractivity contribution in [1.82, 2.24) is 24.6 Å². The maximum atomic E-state index is 13.5. The molecule has 0 fully saturated rings. The Labute approximate surface area is 242 Å². The van der Waals surface area contributed by atoms with E-state index >= 15 is 0 Å². The normalized spacial score (nSPS) is 15.3. The number of benzene rings is 2. The zero-order valence-corrected chi connectivity index (χ0v) is 23.3.